The smallest absolute Gasteiger partial charge is 0.123 e. The highest BCUT2D eigenvalue weighted by atomic mass is 16.5. The van der Waals surface area contributed by atoms with Crippen LogP contribution in [-0.2, 0) is 6.42 Å². The van der Waals surface area contributed by atoms with E-state index in [2.05, 4.69) is 37.4 Å². The van der Waals surface area contributed by atoms with E-state index < -0.39 is 0 Å². The van der Waals surface area contributed by atoms with Crippen molar-refractivity contribution in [2.75, 3.05) is 13.1 Å². The lowest BCUT2D eigenvalue weighted by Gasteiger charge is -2.24. The topological polar surface area (TPSA) is 45.0 Å². The predicted molar refractivity (Wildman–Crippen MR) is 76.1 cm³/mol. The number of benzene rings is 1. The number of nitrogens with one attached hydrogen (secondary N) is 1. The molecule has 102 valence electrons. The number of nitriles is 1. The van der Waals surface area contributed by atoms with Crippen LogP contribution in [-0.4, -0.2) is 19.2 Å². The van der Waals surface area contributed by atoms with E-state index in [1.54, 1.807) is 0 Å². The lowest BCUT2D eigenvalue weighted by molar-refractivity contribution is 0.215. The van der Waals surface area contributed by atoms with Gasteiger partial charge in [-0.05, 0) is 23.5 Å². The number of para-hydroxylation sites is 1. The largest absolute Gasteiger partial charge is 0.488 e. The molecule has 3 heteroatoms. The summed E-state index contributed by atoms with van der Waals surface area (Å²) in [5.41, 5.74) is 1.47. The molecule has 0 bridgehead atoms. The van der Waals surface area contributed by atoms with Crippen molar-refractivity contribution in [2.24, 2.45) is 5.41 Å². The van der Waals surface area contributed by atoms with E-state index in [1.165, 1.54) is 5.56 Å². The summed E-state index contributed by atoms with van der Waals surface area (Å²) >= 11 is 0. The number of ether oxygens (including phenoxy) is 1. The zero-order valence-corrected chi connectivity index (χ0v) is 11.8. The van der Waals surface area contributed by atoms with E-state index in [4.69, 9.17) is 10.00 Å². The fraction of sp³-hybridized carbons (Fsp3) is 0.562. The molecule has 2 rings (SSSR count). The molecule has 1 aromatic rings. The first-order chi connectivity index (χ1) is 9.11. The van der Waals surface area contributed by atoms with Crippen molar-refractivity contribution in [1.82, 2.24) is 5.32 Å². The van der Waals surface area contributed by atoms with Crippen LogP contribution in [0.25, 0.3) is 0 Å². The summed E-state index contributed by atoms with van der Waals surface area (Å²) in [6.45, 7) is 6.18. The number of rotatable bonds is 6. The van der Waals surface area contributed by atoms with Crippen LogP contribution in [0.3, 0.4) is 0 Å². The molecule has 0 spiro atoms. The van der Waals surface area contributed by atoms with Crippen LogP contribution in [0.15, 0.2) is 24.3 Å². The van der Waals surface area contributed by atoms with Crippen LogP contribution in [0, 0.1) is 16.7 Å². The summed E-state index contributed by atoms with van der Waals surface area (Å²) in [6.07, 6.45) is 2.79. The molecule has 1 aromatic carbocycles. The SMILES string of the molecule is CC(C)(CCC#N)CNCC1Cc2ccccc2O1. The van der Waals surface area contributed by atoms with Crippen LogP contribution in [0.4, 0.5) is 0 Å². The molecule has 3 nitrogen and oxygen atoms in total. The Bertz CT molecular complexity index is 437. The number of hydrogen-bond donors (Lipinski definition) is 1. The molecule has 1 heterocycles. The summed E-state index contributed by atoms with van der Waals surface area (Å²) in [7, 11) is 0. The Labute approximate surface area is 115 Å². The van der Waals surface area contributed by atoms with Gasteiger partial charge in [0.15, 0.2) is 0 Å². The quantitative estimate of drug-likeness (QED) is 0.853. The van der Waals surface area contributed by atoms with Gasteiger partial charge in [-0.15, -0.1) is 0 Å². The molecule has 0 saturated heterocycles. The lowest BCUT2D eigenvalue weighted by Crippen LogP contribution is -2.36. The third-order valence-electron chi connectivity index (χ3n) is 3.60. The number of fused-ring (bicyclic) bond motifs is 1. The molecule has 0 radical (unpaired) electrons. The van der Waals surface area contributed by atoms with Gasteiger partial charge in [0.1, 0.15) is 11.9 Å². The van der Waals surface area contributed by atoms with Crippen molar-refractivity contribution in [1.29, 1.82) is 5.26 Å². The molecule has 1 aliphatic heterocycles. The fourth-order valence-electron chi connectivity index (χ4n) is 2.42. The van der Waals surface area contributed by atoms with E-state index in [-0.39, 0.29) is 11.5 Å². The number of hydrogen-bond acceptors (Lipinski definition) is 3. The van der Waals surface area contributed by atoms with Gasteiger partial charge in [-0.1, -0.05) is 32.0 Å². The molecule has 0 saturated carbocycles. The molecule has 0 amide bonds. The van der Waals surface area contributed by atoms with E-state index in [9.17, 15) is 0 Å². The monoisotopic (exact) mass is 258 g/mol. The van der Waals surface area contributed by atoms with Gasteiger partial charge in [0.25, 0.3) is 0 Å². The average Bonchev–Trinajstić information content (AvgIpc) is 2.78. The fourth-order valence-corrected chi connectivity index (χ4v) is 2.42. The maximum absolute atomic E-state index is 8.64. The summed E-state index contributed by atoms with van der Waals surface area (Å²) < 4.78 is 5.89. The highest BCUT2D eigenvalue weighted by Gasteiger charge is 2.23. The minimum Gasteiger partial charge on any atom is -0.488 e. The van der Waals surface area contributed by atoms with Crippen molar-refractivity contribution in [2.45, 2.75) is 39.2 Å². The molecule has 1 atom stereocenters. The summed E-state index contributed by atoms with van der Waals surface area (Å²) in [5.74, 6) is 1.03. The van der Waals surface area contributed by atoms with Crippen molar-refractivity contribution >= 4 is 0 Å². The van der Waals surface area contributed by atoms with Gasteiger partial charge in [0.05, 0.1) is 6.07 Å². The number of nitrogens with zero attached hydrogens (tertiary/aromatic N) is 1. The Morgan fingerprint density at radius 1 is 1.42 bits per heavy atom. The van der Waals surface area contributed by atoms with Crippen LogP contribution >= 0.6 is 0 Å². The highest BCUT2D eigenvalue weighted by molar-refractivity contribution is 5.37. The van der Waals surface area contributed by atoms with E-state index in [1.807, 2.05) is 12.1 Å². The van der Waals surface area contributed by atoms with Crippen LogP contribution < -0.4 is 10.1 Å². The van der Waals surface area contributed by atoms with Crippen LogP contribution in [0.5, 0.6) is 5.75 Å². The summed E-state index contributed by atoms with van der Waals surface area (Å²) in [6, 6.07) is 10.5. The molecule has 1 unspecified atom stereocenters. The predicted octanol–water partition coefficient (Wildman–Crippen LogP) is 2.91. The van der Waals surface area contributed by atoms with Crippen molar-refractivity contribution < 1.29 is 4.74 Å². The van der Waals surface area contributed by atoms with Gasteiger partial charge in [0, 0.05) is 25.9 Å². The van der Waals surface area contributed by atoms with Crippen LogP contribution in [0.2, 0.25) is 0 Å². The Morgan fingerprint density at radius 3 is 2.95 bits per heavy atom. The van der Waals surface area contributed by atoms with E-state index in [0.29, 0.717) is 6.42 Å². The lowest BCUT2D eigenvalue weighted by atomic mass is 9.88. The maximum atomic E-state index is 8.64. The maximum Gasteiger partial charge on any atom is 0.123 e. The Morgan fingerprint density at radius 2 is 2.21 bits per heavy atom. The van der Waals surface area contributed by atoms with Gasteiger partial charge < -0.3 is 10.1 Å². The minimum absolute atomic E-state index is 0.168. The summed E-state index contributed by atoms with van der Waals surface area (Å²) in [4.78, 5) is 0. The van der Waals surface area contributed by atoms with E-state index >= 15 is 0 Å². The molecule has 1 N–H and O–H groups in total. The second-order valence-electron chi connectivity index (χ2n) is 6.00. The Hall–Kier alpha value is -1.53. The van der Waals surface area contributed by atoms with E-state index in [0.717, 1.165) is 31.7 Å². The molecule has 19 heavy (non-hydrogen) atoms. The molecule has 0 fully saturated rings. The molecule has 1 aliphatic rings. The zero-order valence-electron chi connectivity index (χ0n) is 11.8. The van der Waals surface area contributed by atoms with Gasteiger partial charge in [0.2, 0.25) is 0 Å². The normalized spacial score (nSPS) is 17.6. The zero-order chi connectivity index (χ0) is 13.7. The standard InChI is InChI=1S/C16H22N2O/c1-16(2,8-5-9-17)12-18-11-14-10-13-6-3-4-7-15(13)19-14/h3-4,6-7,14,18H,5,8,10-12H2,1-2H3. The average molecular weight is 258 g/mol. The molecular weight excluding hydrogens is 236 g/mol. The first-order valence-electron chi connectivity index (χ1n) is 6.93. The minimum atomic E-state index is 0.168. The molecular formula is C16H22N2O. The summed E-state index contributed by atoms with van der Waals surface area (Å²) in [5, 5.41) is 12.1. The van der Waals surface area contributed by atoms with Crippen molar-refractivity contribution in [3.63, 3.8) is 0 Å². The van der Waals surface area contributed by atoms with Crippen molar-refractivity contribution in [3.8, 4) is 11.8 Å². The molecule has 0 aromatic heterocycles. The first kappa shape index (κ1) is 13.9. The third kappa shape index (κ3) is 3.97. The molecule has 0 aliphatic carbocycles. The van der Waals surface area contributed by atoms with Gasteiger partial charge >= 0.3 is 0 Å². The van der Waals surface area contributed by atoms with Crippen molar-refractivity contribution in [3.05, 3.63) is 29.8 Å². The Balaban J connectivity index is 1.72. The van der Waals surface area contributed by atoms with Gasteiger partial charge in [-0.2, -0.15) is 5.26 Å². The van der Waals surface area contributed by atoms with Crippen LogP contribution in [0.1, 0.15) is 32.3 Å². The van der Waals surface area contributed by atoms with Gasteiger partial charge in [-0.3, -0.25) is 0 Å². The second-order valence-corrected chi connectivity index (χ2v) is 6.00. The van der Waals surface area contributed by atoms with Gasteiger partial charge in [-0.25, -0.2) is 0 Å². The second kappa shape index (κ2) is 6.08. The Kier molecular flexibility index (Phi) is 4.44. The first-order valence-corrected chi connectivity index (χ1v) is 6.93. The highest BCUT2D eigenvalue weighted by Crippen LogP contribution is 2.28. The third-order valence-corrected chi connectivity index (χ3v) is 3.60.